The number of hydrogen-bond acceptors (Lipinski definition) is 4. The van der Waals surface area contributed by atoms with Crippen LogP contribution in [0.15, 0.2) is 53.1 Å². The molecule has 1 aliphatic rings. The van der Waals surface area contributed by atoms with Crippen molar-refractivity contribution in [3.05, 3.63) is 60.2 Å². The highest BCUT2D eigenvalue weighted by Gasteiger charge is 2.23. The topological polar surface area (TPSA) is 74.2 Å². The predicted molar refractivity (Wildman–Crippen MR) is 95.4 cm³/mol. The number of amides is 1. The minimum atomic E-state index is -0.254. The Morgan fingerprint density at radius 1 is 1.31 bits per heavy atom. The number of furan rings is 1. The Labute approximate surface area is 150 Å². The van der Waals surface area contributed by atoms with Crippen molar-refractivity contribution in [1.29, 1.82) is 0 Å². The third-order valence-corrected chi connectivity index (χ3v) is 4.53. The highest BCUT2D eigenvalue weighted by Crippen LogP contribution is 2.21. The average molecular weight is 354 g/mol. The van der Waals surface area contributed by atoms with Gasteiger partial charge in [0.1, 0.15) is 11.5 Å². The number of aromatic amines is 1. The molecule has 3 heterocycles. The van der Waals surface area contributed by atoms with E-state index in [0.29, 0.717) is 23.7 Å². The fourth-order valence-corrected chi connectivity index (χ4v) is 3.26. The quantitative estimate of drug-likeness (QED) is 0.754. The highest BCUT2D eigenvalue weighted by molar-refractivity contribution is 5.93. The number of carbonyl (C=O) groups is 1. The Morgan fingerprint density at radius 2 is 2.23 bits per heavy atom. The fourth-order valence-electron chi connectivity index (χ4n) is 3.26. The Morgan fingerprint density at radius 3 is 3.04 bits per heavy atom. The summed E-state index contributed by atoms with van der Waals surface area (Å²) in [5.41, 5.74) is 1.81. The van der Waals surface area contributed by atoms with E-state index in [0.717, 1.165) is 25.1 Å². The molecule has 0 aliphatic carbocycles. The Hall–Kier alpha value is -3.09. The maximum absolute atomic E-state index is 13.5. The van der Waals surface area contributed by atoms with Crippen LogP contribution in [0.25, 0.3) is 11.5 Å². The van der Waals surface area contributed by atoms with Crippen LogP contribution in [0.3, 0.4) is 0 Å². The van der Waals surface area contributed by atoms with E-state index in [4.69, 9.17) is 4.42 Å². The van der Waals surface area contributed by atoms with Crippen LogP contribution in [0.4, 0.5) is 10.1 Å². The smallest absolute Gasteiger partial charge is 0.272 e. The number of benzene rings is 1. The molecule has 0 spiro atoms. The van der Waals surface area contributed by atoms with Gasteiger partial charge in [0.2, 0.25) is 0 Å². The largest absolute Gasteiger partial charge is 0.463 e. The molecule has 4 rings (SSSR count). The SMILES string of the molecule is O=C(NC1CCCN(c2cccc(F)c2)C1)c1cc(-c2ccco2)[nH]n1. The molecule has 2 aromatic heterocycles. The van der Waals surface area contributed by atoms with E-state index >= 15 is 0 Å². The van der Waals surface area contributed by atoms with Gasteiger partial charge in [-0.15, -0.1) is 0 Å². The van der Waals surface area contributed by atoms with Crippen molar-refractivity contribution in [1.82, 2.24) is 15.5 Å². The van der Waals surface area contributed by atoms with Gasteiger partial charge in [-0.25, -0.2) is 4.39 Å². The van der Waals surface area contributed by atoms with Crippen LogP contribution >= 0.6 is 0 Å². The Bertz CT molecular complexity index is 891. The summed E-state index contributed by atoms with van der Waals surface area (Å²) in [6.07, 6.45) is 3.38. The molecular formula is C19H19FN4O2. The van der Waals surface area contributed by atoms with Gasteiger partial charge < -0.3 is 14.6 Å². The molecule has 134 valence electrons. The van der Waals surface area contributed by atoms with E-state index in [1.54, 1.807) is 30.5 Å². The van der Waals surface area contributed by atoms with E-state index in [2.05, 4.69) is 20.4 Å². The van der Waals surface area contributed by atoms with Crippen LogP contribution in [0.2, 0.25) is 0 Å². The second-order valence-corrected chi connectivity index (χ2v) is 6.38. The highest BCUT2D eigenvalue weighted by atomic mass is 19.1. The first-order valence-electron chi connectivity index (χ1n) is 8.60. The molecule has 2 N–H and O–H groups in total. The van der Waals surface area contributed by atoms with Gasteiger partial charge in [-0.3, -0.25) is 9.89 Å². The number of nitrogens with one attached hydrogen (secondary N) is 2. The standard InChI is InChI=1S/C19H19FN4O2/c20-13-4-1-6-15(10-13)24-8-2-5-14(12-24)21-19(25)17-11-16(22-23-17)18-7-3-9-26-18/h1,3-4,6-7,9-11,14H,2,5,8,12H2,(H,21,25)(H,22,23). The van der Waals surface area contributed by atoms with Gasteiger partial charge in [0.25, 0.3) is 5.91 Å². The molecule has 7 heteroatoms. The number of halogens is 1. The summed E-state index contributed by atoms with van der Waals surface area (Å²) in [4.78, 5) is 14.6. The molecule has 1 unspecified atom stereocenters. The second-order valence-electron chi connectivity index (χ2n) is 6.38. The zero-order valence-electron chi connectivity index (χ0n) is 14.1. The van der Waals surface area contributed by atoms with Gasteiger partial charge in [-0.1, -0.05) is 6.07 Å². The zero-order chi connectivity index (χ0) is 17.9. The van der Waals surface area contributed by atoms with Gasteiger partial charge >= 0.3 is 0 Å². The molecule has 1 atom stereocenters. The Balaban J connectivity index is 1.41. The average Bonchev–Trinajstić information content (AvgIpc) is 3.33. The van der Waals surface area contributed by atoms with Crippen molar-refractivity contribution in [2.75, 3.05) is 18.0 Å². The summed E-state index contributed by atoms with van der Waals surface area (Å²) < 4.78 is 18.7. The van der Waals surface area contributed by atoms with Crippen molar-refractivity contribution >= 4 is 11.6 Å². The molecule has 1 aliphatic heterocycles. The second kappa shape index (κ2) is 7.03. The minimum absolute atomic E-state index is 0.0109. The third-order valence-electron chi connectivity index (χ3n) is 4.53. The first-order chi connectivity index (χ1) is 12.7. The maximum atomic E-state index is 13.5. The summed E-state index contributed by atoms with van der Waals surface area (Å²) >= 11 is 0. The monoisotopic (exact) mass is 354 g/mol. The molecule has 0 saturated carbocycles. The van der Waals surface area contributed by atoms with Gasteiger partial charge in [0.15, 0.2) is 11.5 Å². The van der Waals surface area contributed by atoms with Gasteiger partial charge in [0, 0.05) is 30.9 Å². The first-order valence-corrected chi connectivity index (χ1v) is 8.60. The number of hydrogen-bond donors (Lipinski definition) is 2. The number of carbonyl (C=O) groups excluding carboxylic acids is 1. The minimum Gasteiger partial charge on any atom is -0.463 e. The molecular weight excluding hydrogens is 335 g/mol. The predicted octanol–water partition coefficient (Wildman–Crippen LogP) is 3.21. The summed E-state index contributed by atoms with van der Waals surface area (Å²) in [5, 5.41) is 9.90. The molecule has 26 heavy (non-hydrogen) atoms. The van der Waals surface area contributed by atoms with Crippen LogP contribution in [-0.2, 0) is 0 Å². The molecule has 1 fully saturated rings. The number of rotatable bonds is 4. The van der Waals surface area contributed by atoms with Crippen molar-refractivity contribution in [3.8, 4) is 11.5 Å². The van der Waals surface area contributed by atoms with Crippen molar-refractivity contribution in [2.45, 2.75) is 18.9 Å². The van der Waals surface area contributed by atoms with Crippen LogP contribution in [0.5, 0.6) is 0 Å². The maximum Gasteiger partial charge on any atom is 0.272 e. The number of H-pyrrole nitrogens is 1. The summed E-state index contributed by atoms with van der Waals surface area (Å²) in [7, 11) is 0. The Kier molecular flexibility index (Phi) is 4.43. The van der Waals surface area contributed by atoms with E-state index in [9.17, 15) is 9.18 Å². The van der Waals surface area contributed by atoms with E-state index < -0.39 is 0 Å². The number of anilines is 1. The summed E-state index contributed by atoms with van der Waals surface area (Å²) in [5.74, 6) is 0.146. The van der Waals surface area contributed by atoms with E-state index in [-0.39, 0.29) is 17.8 Å². The van der Waals surface area contributed by atoms with Crippen molar-refractivity contribution < 1.29 is 13.6 Å². The number of piperidine rings is 1. The van der Waals surface area contributed by atoms with Crippen molar-refractivity contribution in [3.63, 3.8) is 0 Å². The summed E-state index contributed by atoms with van der Waals surface area (Å²) in [6.45, 7) is 1.49. The number of aromatic nitrogens is 2. The van der Waals surface area contributed by atoms with Gasteiger partial charge in [-0.05, 0) is 43.2 Å². The van der Waals surface area contributed by atoms with Crippen LogP contribution in [0.1, 0.15) is 23.3 Å². The third kappa shape index (κ3) is 3.46. The molecule has 3 aromatic rings. The molecule has 1 aromatic carbocycles. The first kappa shape index (κ1) is 16.4. The van der Waals surface area contributed by atoms with Crippen LogP contribution in [0, 0.1) is 5.82 Å². The molecule has 0 bridgehead atoms. The summed E-state index contributed by atoms with van der Waals surface area (Å²) in [6, 6.07) is 11.8. The molecule has 1 amide bonds. The van der Waals surface area contributed by atoms with E-state index in [1.807, 2.05) is 6.07 Å². The lowest BCUT2D eigenvalue weighted by Gasteiger charge is -2.34. The normalized spacial score (nSPS) is 17.3. The fraction of sp³-hybridized carbons (Fsp3) is 0.263. The zero-order valence-corrected chi connectivity index (χ0v) is 14.1. The molecule has 0 radical (unpaired) electrons. The molecule has 6 nitrogen and oxygen atoms in total. The van der Waals surface area contributed by atoms with Crippen molar-refractivity contribution in [2.24, 2.45) is 0 Å². The van der Waals surface area contributed by atoms with E-state index in [1.165, 1.54) is 12.1 Å². The molecule has 1 saturated heterocycles. The van der Waals surface area contributed by atoms with Gasteiger partial charge in [0.05, 0.1) is 6.26 Å². The van der Waals surface area contributed by atoms with Crippen LogP contribution in [-0.4, -0.2) is 35.2 Å². The lowest BCUT2D eigenvalue weighted by molar-refractivity contribution is 0.0928. The lowest BCUT2D eigenvalue weighted by atomic mass is 10.0. The van der Waals surface area contributed by atoms with Crippen LogP contribution < -0.4 is 10.2 Å². The lowest BCUT2D eigenvalue weighted by Crippen LogP contribution is -2.48. The number of nitrogens with zero attached hydrogens (tertiary/aromatic N) is 2. The van der Waals surface area contributed by atoms with Gasteiger partial charge in [-0.2, -0.15) is 5.10 Å².